The number of nitrogens with one attached hydrogen (secondary N) is 1. The first-order chi connectivity index (χ1) is 35.3. The second-order valence-electron chi connectivity index (χ2n) is 22.2. The molecule has 1 rings (SSSR count). The molecule has 72 heavy (non-hydrogen) atoms. The maximum atomic E-state index is 13.1. The largest absolute Gasteiger partial charge is 0.394 e. The van der Waals surface area contributed by atoms with E-state index in [-0.39, 0.29) is 12.5 Å². The number of unbranched alkanes of at least 4 members (excludes halogenated alkanes) is 43. The van der Waals surface area contributed by atoms with Gasteiger partial charge in [0.25, 0.3) is 0 Å². The Morgan fingerprint density at radius 2 is 0.778 bits per heavy atom. The lowest BCUT2D eigenvalue weighted by Crippen LogP contribution is -2.60. The van der Waals surface area contributed by atoms with E-state index in [1.165, 1.54) is 257 Å². The van der Waals surface area contributed by atoms with Crippen LogP contribution in [-0.4, -0.2) is 87.5 Å². The Balaban J connectivity index is 2.16. The smallest absolute Gasteiger partial charge is 0.220 e. The molecule has 1 amide bonds. The van der Waals surface area contributed by atoms with E-state index >= 15 is 0 Å². The molecular formula is C63H121NO8. The van der Waals surface area contributed by atoms with Gasteiger partial charge in [0.1, 0.15) is 24.4 Å². The molecule has 0 bridgehead atoms. The van der Waals surface area contributed by atoms with Crippen molar-refractivity contribution in [2.45, 2.75) is 358 Å². The summed E-state index contributed by atoms with van der Waals surface area (Å²) in [6.45, 7) is 3.82. The quantitative estimate of drug-likeness (QED) is 0.0261. The zero-order valence-corrected chi connectivity index (χ0v) is 47.5. The summed E-state index contributed by atoms with van der Waals surface area (Å²) in [6.07, 6.45) is 61.2. The topological polar surface area (TPSA) is 149 Å². The number of rotatable bonds is 55. The van der Waals surface area contributed by atoms with Crippen molar-refractivity contribution in [1.29, 1.82) is 0 Å². The highest BCUT2D eigenvalue weighted by Gasteiger charge is 2.44. The van der Waals surface area contributed by atoms with Crippen molar-refractivity contribution in [2.75, 3.05) is 13.2 Å². The van der Waals surface area contributed by atoms with Gasteiger partial charge in [-0.25, -0.2) is 0 Å². The molecule has 426 valence electrons. The Kier molecular flexibility index (Phi) is 50.6. The lowest BCUT2D eigenvalue weighted by atomic mass is 9.99. The number of ether oxygens (including phenoxy) is 2. The number of carbonyl (C=O) groups excluding carboxylic acids is 1. The first-order valence-electron chi connectivity index (χ1n) is 31.6. The van der Waals surface area contributed by atoms with Crippen molar-refractivity contribution < 1.29 is 39.8 Å². The van der Waals surface area contributed by atoms with Crippen molar-refractivity contribution in [3.8, 4) is 0 Å². The molecule has 0 saturated carbocycles. The number of amides is 1. The second-order valence-corrected chi connectivity index (χ2v) is 22.2. The molecule has 0 radical (unpaired) electrons. The lowest BCUT2D eigenvalue weighted by Gasteiger charge is -2.40. The molecule has 6 N–H and O–H groups in total. The Hall–Kier alpha value is -1.33. The summed E-state index contributed by atoms with van der Waals surface area (Å²) < 4.78 is 11.3. The summed E-state index contributed by atoms with van der Waals surface area (Å²) in [5.41, 5.74) is 0. The summed E-state index contributed by atoms with van der Waals surface area (Å²) in [4.78, 5) is 13.1. The van der Waals surface area contributed by atoms with E-state index in [0.717, 1.165) is 38.5 Å². The molecule has 0 spiro atoms. The van der Waals surface area contributed by atoms with Gasteiger partial charge in [-0.05, 0) is 44.9 Å². The molecule has 1 aliphatic heterocycles. The average molecular weight is 1020 g/mol. The van der Waals surface area contributed by atoms with E-state index < -0.39 is 49.5 Å². The van der Waals surface area contributed by atoms with Gasteiger partial charge in [-0.15, -0.1) is 0 Å². The number of carbonyl (C=O) groups is 1. The predicted octanol–water partition coefficient (Wildman–Crippen LogP) is 16.1. The average Bonchev–Trinajstić information content (AvgIpc) is 3.38. The van der Waals surface area contributed by atoms with Crippen LogP contribution in [0.25, 0.3) is 0 Å². The first-order valence-corrected chi connectivity index (χ1v) is 31.6. The molecular weight excluding hydrogens is 899 g/mol. The third kappa shape index (κ3) is 41.9. The standard InChI is InChI=1S/C63H121NO8/c1-3-5-7-9-11-13-15-17-19-21-23-25-26-27-28-29-30-31-32-33-35-37-39-41-43-45-47-49-51-53-59(67)64-56(55-71-63-62(70)61(69)60(68)58(54-65)72-63)57(66)52-50-48-46-44-42-40-38-36-34-24-22-20-18-16-14-12-10-8-6-4-2/h27-28,50,52,56-58,60-63,65-66,68-70H,3-26,29-49,51,53-55H2,1-2H3,(H,64,67)/b28-27-,52-50+. The van der Waals surface area contributed by atoms with Gasteiger partial charge in [-0.1, -0.05) is 289 Å². The first kappa shape index (κ1) is 68.7. The minimum atomic E-state index is -1.57. The van der Waals surface area contributed by atoms with E-state index in [0.29, 0.717) is 6.42 Å². The van der Waals surface area contributed by atoms with Crippen LogP contribution in [0.15, 0.2) is 24.3 Å². The maximum absolute atomic E-state index is 13.1. The molecule has 1 saturated heterocycles. The van der Waals surface area contributed by atoms with Gasteiger partial charge in [0, 0.05) is 6.42 Å². The molecule has 7 atom stereocenters. The SMILES string of the molecule is CCCCCCCCCCCCCC/C=C\CCCCCCCCCCCCCCCC(=O)NC(COC1OC(CO)C(O)C(O)C1O)C(O)/C=C/CCCCCCCCCCCCCCCCCCCC. The van der Waals surface area contributed by atoms with E-state index in [4.69, 9.17) is 9.47 Å². The van der Waals surface area contributed by atoms with Gasteiger partial charge in [0.05, 0.1) is 25.4 Å². The Labute approximate surface area is 445 Å². The zero-order chi connectivity index (χ0) is 52.2. The van der Waals surface area contributed by atoms with E-state index in [1.54, 1.807) is 6.08 Å². The van der Waals surface area contributed by atoms with Crippen LogP contribution in [-0.2, 0) is 14.3 Å². The van der Waals surface area contributed by atoms with Gasteiger partial charge in [0.2, 0.25) is 5.91 Å². The van der Waals surface area contributed by atoms with Crippen LogP contribution in [0, 0.1) is 0 Å². The molecule has 1 fully saturated rings. The molecule has 0 aromatic carbocycles. The Morgan fingerprint density at radius 3 is 1.12 bits per heavy atom. The van der Waals surface area contributed by atoms with Crippen molar-refractivity contribution in [3.63, 3.8) is 0 Å². The van der Waals surface area contributed by atoms with E-state index in [2.05, 4.69) is 31.3 Å². The minimum Gasteiger partial charge on any atom is -0.394 e. The third-order valence-electron chi connectivity index (χ3n) is 15.3. The summed E-state index contributed by atoms with van der Waals surface area (Å²) >= 11 is 0. The highest BCUT2D eigenvalue weighted by Crippen LogP contribution is 2.23. The summed E-state index contributed by atoms with van der Waals surface area (Å²) in [5.74, 6) is -0.171. The zero-order valence-electron chi connectivity index (χ0n) is 47.5. The molecule has 9 nitrogen and oxygen atoms in total. The number of hydrogen-bond acceptors (Lipinski definition) is 8. The molecule has 0 aromatic heterocycles. The minimum absolute atomic E-state index is 0.171. The molecule has 9 heteroatoms. The monoisotopic (exact) mass is 1020 g/mol. The van der Waals surface area contributed by atoms with Crippen LogP contribution >= 0.6 is 0 Å². The van der Waals surface area contributed by atoms with Gasteiger partial charge in [-0.2, -0.15) is 0 Å². The van der Waals surface area contributed by atoms with Gasteiger partial charge < -0.3 is 40.3 Å². The highest BCUT2D eigenvalue weighted by molar-refractivity contribution is 5.76. The van der Waals surface area contributed by atoms with Gasteiger partial charge >= 0.3 is 0 Å². The van der Waals surface area contributed by atoms with Crippen molar-refractivity contribution in [2.24, 2.45) is 0 Å². The normalized spacial score (nSPS) is 19.2. The van der Waals surface area contributed by atoms with Crippen LogP contribution in [0.2, 0.25) is 0 Å². The van der Waals surface area contributed by atoms with Crippen LogP contribution in [0.5, 0.6) is 0 Å². The van der Waals surface area contributed by atoms with Crippen LogP contribution in [0.4, 0.5) is 0 Å². The van der Waals surface area contributed by atoms with E-state index in [9.17, 15) is 30.3 Å². The summed E-state index contributed by atoms with van der Waals surface area (Å²) in [6, 6.07) is -0.803. The third-order valence-corrected chi connectivity index (χ3v) is 15.3. The number of hydrogen-bond donors (Lipinski definition) is 6. The van der Waals surface area contributed by atoms with Crippen molar-refractivity contribution in [1.82, 2.24) is 5.32 Å². The number of aliphatic hydroxyl groups is 5. The van der Waals surface area contributed by atoms with Crippen LogP contribution < -0.4 is 5.32 Å². The van der Waals surface area contributed by atoms with Gasteiger partial charge in [0.15, 0.2) is 6.29 Å². The fourth-order valence-corrected chi connectivity index (χ4v) is 10.3. The molecule has 0 aromatic rings. The van der Waals surface area contributed by atoms with Crippen LogP contribution in [0.1, 0.15) is 316 Å². The summed E-state index contributed by atoms with van der Waals surface area (Å²) in [5, 5.41) is 54.6. The lowest BCUT2D eigenvalue weighted by molar-refractivity contribution is -0.302. The Bertz CT molecular complexity index is 1180. The highest BCUT2D eigenvalue weighted by atomic mass is 16.7. The predicted molar refractivity (Wildman–Crippen MR) is 304 cm³/mol. The fourth-order valence-electron chi connectivity index (χ4n) is 10.3. The van der Waals surface area contributed by atoms with Gasteiger partial charge in [-0.3, -0.25) is 4.79 Å². The van der Waals surface area contributed by atoms with Crippen LogP contribution in [0.3, 0.4) is 0 Å². The molecule has 1 aliphatic rings. The Morgan fingerprint density at radius 1 is 0.458 bits per heavy atom. The number of aliphatic hydroxyl groups excluding tert-OH is 5. The fraction of sp³-hybridized carbons (Fsp3) is 0.921. The van der Waals surface area contributed by atoms with Crippen molar-refractivity contribution in [3.05, 3.63) is 24.3 Å². The summed E-state index contributed by atoms with van der Waals surface area (Å²) in [7, 11) is 0. The number of allylic oxidation sites excluding steroid dienone is 3. The van der Waals surface area contributed by atoms with Crippen molar-refractivity contribution >= 4 is 5.91 Å². The second kappa shape index (κ2) is 53.1. The molecule has 7 unspecified atom stereocenters. The molecule has 0 aliphatic carbocycles. The van der Waals surface area contributed by atoms with E-state index in [1.807, 2.05) is 6.08 Å². The molecule has 1 heterocycles. The maximum Gasteiger partial charge on any atom is 0.220 e.